The quantitative estimate of drug-likeness (QED) is 0.804. The molecule has 2 aliphatic rings. The standard InChI is InChI=1S/C15H29N3O.2ClH/c1-11(2)18-6-4-5-13(10-18)7-17-15(19)12(3)14-8-16-9-14;;/h11-14,16H,4-10H2,1-3H3,(H,17,19);2*1H. The van der Waals surface area contributed by atoms with Crippen molar-refractivity contribution in [2.75, 3.05) is 32.7 Å². The van der Waals surface area contributed by atoms with Gasteiger partial charge in [-0.25, -0.2) is 0 Å². The highest BCUT2D eigenvalue weighted by molar-refractivity contribution is 5.85. The van der Waals surface area contributed by atoms with Gasteiger partial charge >= 0.3 is 0 Å². The van der Waals surface area contributed by atoms with E-state index in [1.807, 2.05) is 0 Å². The van der Waals surface area contributed by atoms with Gasteiger partial charge in [0.2, 0.25) is 5.91 Å². The normalized spacial score (nSPS) is 24.5. The Morgan fingerprint density at radius 1 is 1.29 bits per heavy atom. The highest BCUT2D eigenvalue weighted by Crippen LogP contribution is 2.19. The number of carbonyl (C=O) groups is 1. The summed E-state index contributed by atoms with van der Waals surface area (Å²) >= 11 is 0. The Morgan fingerprint density at radius 2 is 1.95 bits per heavy atom. The van der Waals surface area contributed by atoms with Crippen LogP contribution in [-0.2, 0) is 4.79 Å². The summed E-state index contributed by atoms with van der Waals surface area (Å²) in [4.78, 5) is 14.6. The predicted octanol–water partition coefficient (Wildman–Crippen LogP) is 1.92. The molecule has 0 aliphatic carbocycles. The summed E-state index contributed by atoms with van der Waals surface area (Å²) in [6.45, 7) is 11.8. The van der Waals surface area contributed by atoms with Crippen molar-refractivity contribution in [3.63, 3.8) is 0 Å². The minimum absolute atomic E-state index is 0. The zero-order valence-corrected chi connectivity index (χ0v) is 15.1. The molecule has 2 rings (SSSR count). The predicted molar refractivity (Wildman–Crippen MR) is 92.5 cm³/mol. The summed E-state index contributed by atoms with van der Waals surface area (Å²) in [6.07, 6.45) is 2.52. The van der Waals surface area contributed by atoms with Crippen LogP contribution >= 0.6 is 24.8 Å². The van der Waals surface area contributed by atoms with Crippen LogP contribution in [-0.4, -0.2) is 49.6 Å². The van der Waals surface area contributed by atoms with Gasteiger partial charge in [-0.1, -0.05) is 6.92 Å². The Hall–Kier alpha value is -0.0300. The molecule has 21 heavy (non-hydrogen) atoms. The third-order valence-corrected chi connectivity index (χ3v) is 4.78. The van der Waals surface area contributed by atoms with Crippen LogP contribution in [0.3, 0.4) is 0 Å². The molecule has 4 nitrogen and oxygen atoms in total. The maximum atomic E-state index is 12.1. The summed E-state index contributed by atoms with van der Waals surface area (Å²) < 4.78 is 0. The molecule has 2 aliphatic heterocycles. The third kappa shape index (κ3) is 5.93. The number of likely N-dealkylation sites (tertiary alicyclic amines) is 1. The molecule has 2 saturated heterocycles. The SMILES string of the molecule is CC(C(=O)NCC1CCCN(C(C)C)C1)C1CNC1.Cl.Cl. The van der Waals surface area contributed by atoms with E-state index in [1.165, 1.54) is 19.4 Å². The smallest absolute Gasteiger partial charge is 0.223 e. The average Bonchev–Trinajstić information content (AvgIpc) is 2.34. The molecule has 2 atom stereocenters. The Labute approximate surface area is 141 Å². The van der Waals surface area contributed by atoms with E-state index in [0.29, 0.717) is 17.9 Å². The number of nitrogens with zero attached hydrogens (tertiary/aromatic N) is 1. The maximum absolute atomic E-state index is 12.1. The molecular weight excluding hydrogens is 309 g/mol. The van der Waals surface area contributed by atoms with E-state index < -0.39 is 0 Å². The largest absolute Gasteiger partial charge is 0.356 e. The molecule has 0 aromatic heterocycles. The van der Waals surface area contributed by atoms with Crippen molar-refractivity contribution < 1.29 is 4.79 Å². The number of rotatable bonds is 5. The van der Waals surface area contributed by atoms with Gasteiger partial charge < -0.3 is 15.5 Å². The van der Waals surface area contributed by atoms with Crippen molar-refractivity contribution in [2.24, 2.45) is 17.8 Å². The number of hydrogen-bond donors (Lipinski definition) is 2. The Bertz CT molecular complexity index is 311. The highest BCUT2D eigenvalue weighted by atomic mass is 35.5. The van der Waals surface area contributed by atoms with Crippen LogP contribution in [0.25, 0.3) is 0 Å². The molecule has 126 valence electrons. The summed E-state index contributed by atoms with van der Waals surface area (Å²) in [5.41, 5.74) is 0. The summed E-state index contributed by atoms with van der Waals surface area (Å²) in [6, 6.07) is 0.624. The lowest BCUT2D eigenvalue weighted by Crippen LogP contribution is -2.50. The fourth-order valence-corrected chi connectivity index (χ4v) is 3.02. The van der Waals surface area contributed by atoms with Gasteiger partial charge in [0.1, 0.15) is 0 Å². The fourth-order valence-electron chi connectivity index (χ4n) is 3.02. The van der Waals surface area contributed by atoms with Crippen molar-refractivity contribution in [3.8, 4) is 0 Å². The number of nitrogens with one attached hydrogen (secondary N) is 2. The van der Waals surface area contributed by atoms with E-state index >= 15 is 0 Å². The lowest BCUT2D eigenvalue weighted by molar-refractivity contribution is -0.127. The first-order chi connectivity index (χ1) is 9.08. The molecule has 0 bridgehead atoms. The van der Waals surface area contributed by atoms with Crippen molar-refractivity contribution in [1.82, 2.24) is 15.5 Å². The maximum Gasteiger partial charge on any atom is 0.223 e. The first-order valence-corrected chi connectivity index (χ1v) is 7.80. The number of piperidine rings is 1. The van der Waals surface area contributed by atoms with Crippen LogP contribution in [0.15, 0.2) is 0 Å². The molecule has 0 radical (unpaired) electrons. The fraction of sp³-hybridized carbons (Fsp3) is 0.933. The van der Waals surface area contributed by atoms with Gasteiger partial charge in [0, 0.05) is 25.0 Å². The van der Waals surface area contributed by atoms with Gasteiger partial charge in [-0.2, -0.15) is 0 Å². The molecule has 0 aromatic carbocycles. The minimum atomic E-state index is 0. The first-order valence-electron chi connectivity index (χ1n) is 7.80. The van der Waals surface area contributed by atoms with Crippen molar-refractivity contribution in [1.29, 1.82) is 0 Å². The zero-order valence-electron chi connectivity index (χ0n) is 13.4. The minimum Gasteiger partial charge on any atom is -0.356 e. The van der Waals surface area contributed by atoms with Crippen LogP contribution in [0.4, 0.5) is 0 Å². The van der Waals surface area contributed by atoms with Crippen molar-refractivity contribution in [2.45, 2.75) is 39.7 Å². The van der Waals surface area contributed by atoms with Crippen molar-refractivity contribution >= 4 is 30.7 Å². The summed E-state index contributed by atoms with van der Waals surface area (Å²) in [5.74, 6) is 1.57. The van der Waals surface area contributed by atoms with E-state index in [4.69, 9.17) is 0 Å². The molecular formula is C15H31Cl2N3O. The number of hydrogen-bond acceptors (Lipinski definition) is 3. The van der Waals surface area contributed by atoms with Gasteiger partial charge in [0.05, 0.1) is 0 Å². The van der Waals surface area contributed by atoms with E-state index in [2.05, 4.69) is 36.3 Å². The molecule has 1 amide bonds. The molecule has 0 saturated carbocycles. The highest BCUT2D eigenvalue weighted by Gasteiger charge is 2.29. The topological polar surface area (TPSA) is 44.4 Å². The molecule has 0 spiro atoms. The van der Waals surface area contributed by atoms with Crippen LogP contribution in [0.5, 0.6) is 0 Å². The van der Waals surface area contributed by atoms with Gasteiger partial charge in [-0.3, -0.25) is 4.79 Å². The van der Waals surface area contributed by atoms with E-state index in [9.17, 15) is 4.79 Å². The number of halogens is 2. The van der Waals surface area contributed by atoms with Crippen molar-refractivity contribution in [3.05, 3.63) is 0 Å². The average molecular weight is 340 g/mol. The third-order valence-electron chi connectivity index (χ3n) is 4.78. The summed E-state index contributed by atoms with van der Waals surface area (Å²) in [7, 11) is 0. The van der Waals surface area contributed by atoms with Gasteiger partial charge in [0.25, 0.3) is 0 Å². The van der Waals surface area contributed by atoms with Crippen LogP contribution in [0.2, 0.25) is 0 Å². The van der Waals surface area contributed by atoms with Crippen LogP contribution in [0, 0.1) is 17.8 Å². The van der Waals surface area contributed by atoms with Crippen LogP contribution < -0.4 is 10.6 Å². The lowest BCUT2D eigenvalue weighted by Gasteiger charge is -2.36. The molecule has 2 heterocycles. The molecule has 2 unspecified atom stereocenters. The Morgan fingerprint density at radius 3 is 2.48 bits per heavy atom. The lowest BCUT2D eigenvalue weighted by atomic mass is 9.88. The molecule has 2 N–H and O–H groups in total. The first kappa shape index (κ1) is 21.0. The number of amides is 1. The summed E-state index contributed by atoms with van der Waals surface area (Å²) in [5, 5.41) is 6.40. The van der Waals surface area contributed by atoms with Crippen LogP contribution in [0.1, 0.15) is 33.6 Å². The van der Waals surface area contributed by atoms with E-state index in [1.54, 1.807) is 0 Å². The monoisotopic (exact) mass is 339 g/mol. The molecule has 0 aromatic rings. The second-order valence-electron chi connectivity index (χ2n) is 6.55. The second-order valence-corrected chi connectivity index (χ2v) is 6.55. The van der Waals surface area contributed by atoms with Gasteiger partial charge in [0.15, 0.2) is 0 Å². The molecule has 2 fully saturated rings. The molecule has 6 heteroatoms. The van der Waals surface area contributed by atoms with E-state index in [-0.39, 0.29) is 36.6 Å². The van der Waals surface area contributed by atoms with Gasteiger partial charge in [-0.05, 0) is 58.2 Å². The zero-order chi connectivity index (χ0) is 13.8. The second kappa shape index (κ2) is 9.88. The Balaban J connectivity index is 0.00000200. The Kier molecular flexibility index (Phi) is 9.87. The van der Waals surface area contributed by atoms with E-state index in [0.717, 1.165) is 26.2 Å². The number of carbonyl (C=O) groups excluding carboxylic acids is 1. The van der Waals surface area contributed by atoms with Gasteiger partial charge in [-0.15, -0.1) is 24.8 Å².